The largest absolute Gasteiger partial charge is 0.393 e. The molecular weight excluding hydrogens is 116 g/mol. The summed E-state index contributed by atoms with van der Waals surface area (Å²) in [6.07, 6.45) is -0.551. The molecule has 2 nitrogen and oxygen atoms in total. The van der Waals surface area contributed by atoms with E-state index in [0.717, 1.165) is 0 Å². The first kappa shape index (κ1) is 8.92. The van der Waals surface area contributed by atoms with Gasteiger partial charge < -0.3 is 10.2 Å². The Morgan fingerprint density at radius 2 is 1.78 bits per heavy atom. The lowest BCUT2D eigenvalue weighted by atomic mass is 9.89. The summed E-state index contributed by atoms with van der Waals surface area (Å²) >= 11 is 0. The standard InChI is InChI=1S/C7H15O2/c1-5(6(2)8)7(3,4)9/h5-6,8-9H,1H2,2-4H3. The molecular formula is C7H15O2. The molecule has 0 aliphatic rings. The van der Waals surface area contributed by atoms with Gasteiger partial charge in [-0.1, -0.05) is 0 Å². The van der Waals surface area contributed by atoms with Crippen LogP contribution in [0.15, 0.2) is 0 Å². The zero-order valence-electron chi connectivity index (χ0n) is 6.26. The van der Waals surface area contributed by atoms with Gasteiger partial charge in [-0.2, -0.15) is 0 Å². The Labute approximate surface area is 56.5 Å². The summed E-state index contributed by atoms with van der Waals surface area (Å²) in [6.45, 7) is 8.50. The van der Waals surface area contributed by atoms with Crippen LogP contribution in [0.1, 0.15) is 20.8 Å². The molecule has 0 rings (SSSR count). The Hall–Kier alpha value is -0.0800. The molecule has 55 valence electrons. The average Bonchev–Trinajstić information content (AvgIpc) is 1.62. The SMILES string of the molecule is [CH2]C(C(C)O)C(C)(C)O. The molecule has 0 saturated carbocycles. The molecule has 9 heavy (non-hydrogen) atoms. The fraction of sp³-hybridized carbons (Fsp3) is 0.857. The van der Waals surface area contributed by atoms with Gasteiger partial charge in [-0.15, -0.1) is 0 Å². The predicted octanol–water partition coefficient (Wildman–Crippen LogP) is 0.588. The second-order valence-corrected chi connectivity index (χ2v) is 3.00. The molecule has 0 saturated heterocycles. The van der Waals surface area contributed by atoms with E-state index < -0.39 is 11.7 Å². The van der Waals surface area contributed by atoms with Gasteiger partial charge in [-0.3, -0.25) is 0 Å². The summed E-state index contributed by atoms with van der Waals surface area (Å²) in [6, 6.07) is 0. The van der Waals surface area contributed by atoms with Crippen LogP contribution in [0.2, 0.25) is 0 Å². The van der Waals surface area contributed by atoms with Crippen molar-refractivity contribution in [2.24, 2.45) is 5.92 Å². The van der Waals surface area contributed by atoms with E-state index in [1.54, 1.807) is 20.8 Å². The fourth-order valence-electron chi connectivity index (χ4n) is 0.590. The van der Waals surface area contributed by atoms with Crippen LogP contribution >= 0.6 is 0 Å². The van der Waals surface area contributed by atoms with E-state index in [1.165, 1.54) is 0 Å². The molecule has 0 aromatic heterocycles. The highest BCUT2D eigenvalue weighted by molar-refractivity contribution is 4.82. The van der Waals surface area contributed by atoms with Gasteiger partial charge in [0.25, 0.3) is 0 Å². The van der Waals surface area contributed by atoms with Crippen molar-refractivity contribution in [1.29, 1.82) is 0 Å². The lowest BCUT2D eigenvalue weighted by Crippen LogP contribution is -2.35. The molecule has 0 aliphatic carbocycles. The Balaban J connectivity index is 3.88. The molecule has 0 fully saturated rings. The monoisotopic (exact) mass is 131 g/mol. The van der Waals surface area contributed by atoms with Crippen LogP contribution < -0.4 is 0 Å². The summed E-state index contributed by atoms with van der Waals surface area (Å²) in [7, 11) is 0. The zero-order valence-corrected chi connectivity index (χ0v) is 6.26. The Morgan fingerprint density at radius 3 is 1.78 bits per heavy atom. The van der Waals surface area contributed by atoms with Crippen molar-refractivity contribution in [2.75, 3.05) is 0 Å². The maximum Gasteiger partial charge on any atom is 0.0644 e. The van der Waals surface area contributed by atoms with Crippen LogP contribution in [0.25, 0.3) is 0 Å². The fourth-order valence-corrected chi connectivity index (χ4v) is 0.590. The number of hydrogen-bond donors (Lipinski definition) is 2. The summed E-state index contributed by atoms with van der Waals surface area (Å²) in [5.41, 5.74) is -0.881. The van der Waals surface area contributed by atoms with E-state index in [9.17, 15) is 5.11 Å². The second kappa shape index (κ2) is 2.67. The van der Waals surface area contributed by atoms with Crippen LogP contribution in [-0.2, 0) is 0 Å². The molecule has 0 amide bonds. The summed E-state index contributed by atoms with van der Waals surface area (Å²) in [5.74, 6) is -0.322. The Morgan fingerprint density at radius 1 is 1.44 bits per heavy atom. The topological polar surface area (TPSA) is 40.5 Å². The van der Waals surface area contributed by atoms with Gasteiger partial charge in [0.2, 0.25) is 0 Å². The number of hydrogen-bond acceptors (Lipinski definition) is 2. The normalized spacial score (nSPS) is 19.3. The first-order valence-corrected chi connectivity index (χ1v) is 3.09. The maximum absolute atomic E-state index is 9.23. The van der Waals surface area contributed by atoms with Crippen molar-refractivity contribution in [3.63, 3.8) is 0 Å². The predicted molar refractivity (Wildman–Crippen MR) is 36.8 cm³/mol. The van der Waals surface area contributed by atoms with Gasteiger partial charge in [0.1, 0.15) is 0 Å². The third kappa shape index (κ3) is 2.82. The molecule has 0 bridgehead atoms. The maximum atomic E-state index is 9.23. The third-order valence-electron chi connectivity index (χ3n) is 1.49. The average molecular weight is 131 g/mol. The highest BCUT2D eigenvalue weighted by Gasteiger charge is 2.25. The molecule has 0 heterocycles. The molecule has 2 atom stereocenters. The van der Waals surface area contributed by atoms with Crippen LogP contribution in [-0.4, -0.2) is 21.9 Å². The molecule has 1 radical (unpaired) electrons. The zero-order chi connectivity index (χ0) is 7.65. The smallest absolute Gasteiger partial charge is 0.0644 e. The molecule has 0 aliphatic heterocycles. The number of aliphatic hydroxyl groups excluding tert-OH is 1. The van der Waals surface area contributed by atoms with E-state index >= 15 is 0 Å². The van der Waals surface area contributed by atoms with Crippen molar-refractivity contribution >= 4 is 0 Å². The second-order valence-electron chi connectivity index (χ2n) is 3.00. The van der Waals surface area contributed by atoms with E-state index in [4.69, 9.17) is 5.11 Å². The van der Waals surface area contributed by atoms with Crippen molar-refractivity contribution in [3.8, 4) is 0 Å². The first-order chi connectivity index (χ1) is 3.85. The summed E-state index contributed by atoms with van der Waals surface area (Å²) in [5, 5.41) is 18.2. The van der Waals surface area contributed by atoms with E-state index in [0.29, 0.717) is 0 Å². The minimum absolute atomic E-state index is 0.322. The van der Waals surface area contributed by atoms with Crippen LogP contribution in [0.5, 0.6) is 0 Å². The highest BCUT2D eigenvalue weighted by Crippen LogP contribution is 2.18. The molecule has 2 heteroatoms. The summed E-state index contributed by atoms with van der Waals surface area (Å²) in [4.78, 5) is 0. The highest BCUT2D eigenvalue weighted by atomic mass is 16.3. The minimum Gasteiger partial charge on any atom is -0.393 e. The van der Waals surface area contributed by atoms with Gasteiger partial charge in [-0.05, 0) is 27.7 Å². The Bertz CT molecular complexity index is 81.4. The van der Waals surface area contributed by atoms with Crippen LogP contribution in [0.3, 0.4) is 0 Å². The van der Waals surface area contributed by atoms with E-state index in [1.807, 2.05) is 0 Å². The van der Waals surface area contributed by atoms with Crippen molar-refractivity contribution in [3.05, 3.63) is 6.92 Å². The molecule has 2 N–H and O–H groups in total. The van der Waals surface area contributed by atoms with Crippen molar-refractivity contribution in [2.45, 2.75) is 32.5 Å². The molecule has 2 unspecified atom stereocenters. The van der Waals surface area contributed by atoms with E-state index in [-0.39, 0.29) is 5.92 Å². The first-order valence-electron chi connectivity index (χ1n) is 3.09. The molecule has 0 spiro atoms. The van der Waals surface area contributed by atoms with Gasteiger partial charge in [-0.25, -0.2) is 0 Å². The van der Waals surface area contributed by atoms with E-state index in [2.05, 4.69) is 6.92 Å². The quantitative estimate of drug-likeness (QED) is 0.575. The lowest BCUT2D eigenvalue weighted by Gasteiger charge is -2.27. The summed E-state index contributed by atoms with van der Waals surface area (Å²) < 4.78 is 0. The van der Waals surface area contributed by atoms with Crippen LogP contribution in [0, 0.1) is 12.8 Å². The van der Waals surface area contributed by atoms with Gasteiger partial charge in [0, 0.05) is 5.92 Å². The Kier molecular flexibility index (Phi) is 2.65. The van der Waals surface area contributed by atoms with Gasteiger partial charge in [0.05, 0.1) is 11.7 Å². The molecule has 0 aromatic rings. The number of aliphatic hydroxyl groups is 2. The van der Waals surface area contributed by atoms with Crippen molar-refractivity contribution < 1.29 is 10.2 Å². The van der Waals surface area contributed by atoms with Gasteiger partial charge >= 0.3 is 0 Å². The van der Waals surface area contributed by atoms with Crippen LogP contribution in [0.4, 0.5) is 0 Å². The lowest BCUT2D eigenvalue weighted by molar-refractivity contribution is -0.0186. The third-order valence-corrected chi connectivity index (χ3v) is 1.49. The minimum atomic E-state index is -0.881. The molecule has 0 aromatic carbocycles. The van der Waals surface area contributed by atoms with Gasteiger partial charge in [0.15, 0.2) is 0 Å². The van der Waals surface area contributed by atoms with Crippen molar-refractivity contribution in [1.82, 2.24) is 0 Å². The number of rotatable bonds is 2.